The third-order valence-electron chi connectivity index (χ3n) is 3.88. The highest BCUT2D eigenvalue weighted by Gasteiger charge is 2.36. The molecule has 2 atom stereocenters. The van der Waals surface area contributed by atoms with Crippen molar-refractivity contribution in [3.63, 3.8) is 0 Å². The Hall–Kier alpha value is -0.130. The van der Waals surface area contributed by atoms with Crippen molar-refractivity contribution in [1.82, 2.24) is 4.72 Å². The van der Waals surface area contributed by atoms with Crippen LogP contribution in [0.2, 0.25) is 0 Å². The predicted molar refractivity (Wildman–Crippen MR) is 64.4 cm³/mol. The van der Waals surface area contributed by atoms with E-state index in [1.165, 1.54) is 12.8 Å². The van der Waals surface area contributed by atoms with Crippen LogP contribution >= 0.6 is 0 Å². The fraction of sp³-hybridized carbons (Fsp3) is 1.00. The van der Waals surface area contributed by atoms with Gasteiger partial charge < -0.3 is 5.73 Å². The van der Waals surface area contributed by atoms with Gasteiger partial charge in [-0.1, -0.05) is 12.8 Å². The topological polar surface area (TPSA) is 72.2 Å². The lowest BCUT2D eigenvalue weighted by molar-refractivity contribution is 0.244. The Morgan fingerprint density at radius 1 is 1.06 bits per heavy atom. The number of rotatable bonds is 5. The number of hydrogen-bond donors (Lipinski definition) is 2. The molecule has 0 radical (unpaired) electrons. The van der Waals surface area contributed by atoms with Crippen LogP contribution in [-0.2, 0) is 10.0 Å². The van der Waals surface area contributed by atoms with Gasteiger partial charge in [0.25, 0.3) is 0 Å². The summed E-state index contributed by atoms with van der Waals surface area (Å²) in [7, 11) is -3.01. The molecule has 4 nitrogen and oxygen atoms in total. The number of nitrogens with two attached hydrogens (primary N) is 1. The first-order chi connectivity index (χ1) is 7.63. The monoisotopic (exact) mass is 246 g/mol. The fourth-order valence-corrected chi connectivity index (χ4v) is 4.02. The van der Waals surface area contributed by atoms with E-state index in [1.54, 1.807) is 0 Å². The van der Waals surface area contributed by atoms with Crippen LogP contribution in [0.1, 0.15) is 38.5 Å². The van der Waals surface area contributed by atoms with E-state index in [1.807, 2.05) is 0 Å². The molecule has 16 heavy (non-hydrogen) atoms. The molecule has 3 N–H and O–H groups in total. The van der Waals surface area contributed by atoms with Crippen molar-refractivity contribution in [3.8, 4) is 0 Å². The van der Waals surface area contributed by atoms with Crippen LogP contribution < -0.4 is 10.5 Å². The number of hydrogen-bond acceptors (Lipinski definition) is 3. The van der Waals surface area contributed by atoms with Crippen molar-refractivity contribution in [1.29, 1.82) is 0 Å². The highest BCUT2D eigenvalue weighted by atomic mass is 32.2. The van der Waals surface area contributed by atoms with Crippen molar-refractivity contribution in [3.05, 3.63) is 0 Å². The summed E-state index contributed by atoms with van der Waals surface area (Å²) in [5, 5.41) is -0.104. The van der Waals surface area contributed by atoms with Crippen LogP contribution in [0.25, 0.3) is 0 Å². The zero-order valence-electron chi connectivity index (χ0n) is 9.69. The van der Waals surface area contributed by atoms with Gasteiger partial charge in [0, 0.05) is 6.54 Å². The van der Waals surface area contributed by atoms with Gasteiger partial charge in [-0.05, 0) is 44.1 Å². The van der Waals surface area contributed by atoms with Crippen LogP contribution in [-0.4, -0.2) is 26.8 Å². The summed E-state index contributed by atoms with van der Waals surface area (Å²) in [6.07, 6.45) is 6.40. The summed E-state index contributed by atoms with van der Waals surface area (Å²) in [6.45, 7) is 1.29. The first-order valence-corrected chi connectivity index (χ1v) is 7.86. The highest BCUT2D eigenvalue weighted by molar-refractivity contribution is 7.90. The molecule has 5 heteroatoms. The van der Waals surface area contributed by atoms with Gasteiger partial charge in [-0.15, -0.1) is 0 Å². The number of nitrogens with one attached hydrogen (secondary N) is 1. The molecule has 0 heterocycles. The molecule has 0 aromatic heterocycles. The van der Waals surface area contributed by atoms with E-state index in [2.05, 4.69) is 4.72 Å². The number of sulfonamides is 1. The summed E-state index contributed by atoms with van der Waals surface area (Å²) in [4.78, 5) is 0. The minimum Gasteiger partial charge on any atom is -0.330 e. The lowest BCUT2D eigenvalue weighted by atomic mass is 9.79. The Bertz CT molecular complexity index is 325. The normalized spacial score (nSPS) is 31.6. The Balaban J connectivity index is 1.83. The molecule has 2 aliphatic rings. The van der Waals surface area contributed by atoms with E-state index in [9.17, 15) is 8.42 Å². The zero-order valence-corrected chi connectivity index (χ0v) is 10.5. The van der Waals surface area contributed by atoms with Gasteiger partial charge in [0.1, 0.15) is 0 Å². The van der Waals surface area contributed by atoms with E-state index in [-0.39, 0.29) is 5.25 Å². The Morgan fingerprint density at radius 3 is 2.25 bits per heavy atom. The van der Waals surface area contributed by atoms with Crippen molar-refractivity contribution in [2.24, 2.45) is 17.6 Å². The smallest absolute Gasteiger partial charge is 0.214 e. The molecule has 0 aromatic rings. The van der Waals surface area contributed by atoms with Gasteiger partial charge in [-0.2, -0.15) is 0 Å². The Kier molecular flexibility index (Phi) is 3.87. The molecular formula is C11H22N2O2S. The first-order valence-electron chi connectivity index (χ1n) is 6.32. The van der Waals surface area contributed by atoms with Gasteiger partial charge in [0.15, 0.2) is 0 Å². The van der Waals surface area contributed by atoms with Gasteiger partial charge in [-0.25, -0.2) is 13.1 Å². The van der Waals surface area contributed by atoms with Crippen LogP contribution in [0, 0.1) is 11.8 Å². The van der Waals surface area contributed by atoms with Crippen molar-refractivity contribution in [2.75, 3.05) is 13.1 Å². The quantitative estimate of drug-likeness (QED) is 0.755. The van der Waals surface area contributed by atoms with Gasteiger partial charge in [-0.3, -0.25) is 0 Å². The van der Waals surface area contributed by atoms with Gasteiger partial charge >= 0.3 is 0 Å². The van der Waals surface area contributed by atoms with Crippen molar-refractivity contribution < 1.29 is 8.42 Å². The van der Waals surface area contributed by atoms with E-state index in [0.29, 0.717) is 24.9 Å². The van der Waals surface area contributed by atoms with Crippen molar-refractivity contribution in [2.45, 2.75) is 43.8 Å². The Labute approximate surface area is 98.0 Å². The van der Waals surface area contributed by atoms with Crippen LogP contribution in [0.3, 0.4) is 0 Å². The first kappa shape index (κ1) is 12.3. The second-order valence-corrected chi connectivity index (χ2v) is 7.18. The summed E-state index contributed by atoms with van der Waals surface area (Å²) in [5.74, 6) is 0.961. The molecule has 0 bridgehead atoms. The zero-order chi connectivity index (χ0) is 11.6. The molecule has 2 rings (SSSR count). The summed E-state index contributed by atoms with van der Waals surface area (Å²) in [5.41, 5.74) is 5.73. The summed E-state index contributed by atoms with van der Waals surface area (Å²) < 4.78 is 26.1. The summed E-state index contributed by atoms with van der Waals surface area (Å²) >= 11 is 0. The highest BCUT2D eigenvalue weighted by Crippen LogP contribution is 2.30. The van der Waals surface area contributed by atoms with E-state index < -0.39 is 10.0 Å². The maximum atomic E-state index is 11.7. The van der Waals surface area contributed by atoms with E-state index in [4.69, 9.17) is 5.73 Å². The van der Waals surface area contributed by atoms with E-state index in [0.717, 1.165) is 25.7 Å². The third kappa shape index (κ3) is 2.96. The lowest BCUT2D eigenvalue weighted by Gasteiger charge is -2.30. The van der Waals surface area contributed by atoms with Crippen LogP contribution in [0.4, 0.5) is 0 Å². The van der Waals surface area contributed by atoms with Gasteiger partial charge in [0.2, 0.25) is 10.0 Å². The van der Waals surface area contributed by atoms with Crippen LogP contribution in [0.5, 0.6) is 0 Å². The molecule has 2 unspecified atom stereocenters. The second kappa shape index (κ2) is 5.02. The summed E-state index contributed by atoms with van der Waals surface area (Å²) in [6, 6.07) is 0. The average molecular weight is 246 g/mol. The van der Waals surface area contributed by atoms with Gasteiger partial charge in [0.05, 0.1) is 5.25 Å². The Morgan fingerprint density at radius 2 is 1.69 bits per heavy atom. The molecule has 0 spiro atoms. The molecule has 2 aliphatic carbocycles. The molecule has 94 valence electrons. The largest absolute Gasteiger partial charge is 0.330 e. The molecule has 2 saturated carbocycles. The minimum absolute atomic E-state index is 0.104. The maximum absolute atomic E-state index is 11.7. The third-order valence-corrected chi connectivity index (χ3v) is 5.80. The molecule has 0 amide bonds. The SMILES string of the molecule is NCC1CCCCC1CNS(=O)(=O)C1CC1. The predicted octanol–water partition coefficient (Wildman–Crippen LogP) is 0.833. The molecule has 0 saturated heterocycles. The van der Waals surface area contributed by atoms with Crippen LogP contribution in [0.15, 0.2) is 0 Å². The second-order valence-electron chi connectivity index (χ2n) is 5.13. The van der Waals surface area contributed by atoms with E-state index >= 15 is 0 Å². The van der Waals surface area contributed by atoms with Crippen molar-refractivity contribution >= 4 is 10.0 Å². The molecular weight excluding hydrogens is 224 g/mol. The fourth-order valence-electron chi connectivity index (χ4n) is 2.58. The minimum atomic E-state index is -3.01. The molecule has 2 fully saturated rings. The standard InChI is InChI=1S/C11H22N2O2S/c12-7-9-3-1-2-4-10(9)8-13-16(14,15)11-5-6-11/h9-11,13H,1-8,12H2. The molecule has 0 aliphatic heterocycles. The lowest BCUT2D eigenvalue weighted by Crippen LogP contribution is -2.38. The maximum Gasteiger partial charge on any atom is 0.214 e. The average Bonchev–Trinajstić information content (AvgIpc) is 3.11. The molecule has 0 aromatic carbocycles.